The van der Waals surface area contributed by atoms with Crippen LogP contribution in [0.25, 0.3) is 0 Å². The van der Waals surface area contributed by atoms with Crippen molar-refractivity contribution in [1.82, 2.24) is 0 Å². The summed E-state index contributed by atoms with van der Waals surface area (Å²) >= 11 is 5.57. The van der Waals surface area contributed by atoms with Gasteiger partial charge in [0.1, 0.15) is 4.90 Å². The summed E-state index contributed by atoms with van der Waals surface area (Å²) in [6.45, 7) is 3.77. The summed E-state index contributed by atoms with van der Waals surface area (Å²) in [5, 5.41) is -0.0862. The van der Waals surface area contributed by atoms with Crippen molar-refractivity contribution in [1.29, 1.82) is 0 Å². The van der Waals surface area contributed by atoms with Crippen molar-refractivity contribution in [2.75, 3.05) is 0 Å². The van der Waals surface area contributed by atoms with Gasteiger partial charge < -0.3 is 0 Å². The Balaban J connectivity index is 3.37. The van der Waals surface area contributed by atoms with Crippen LogP contribution >= 0.6 is 11.6 Å². The van der Waals surface area contributed by atoms with Crippen LogP contribution in [0.1, 0.15) is 25.3 Å². The fourth-order valence-corrected chi connectivity index (χ4v) is 2.04. The van der Waals surface area contributed by atoms with Gasteiger partial charge in [0.05, 0.1) is 5.02 Å². The van der Waals surface area contributed by atoms with E-state index in [1.54, 1.807) is 6.07 Å². The zero-order chi connectivity index (χ0) is 10.9. The van der Waals surface area contributed by atoms with Gasteiger partial charge in [-0.1, -0.05) is 31.5 Å². The lowest BCUT2D eigenvalue weighted by atomic mass is 10.0. The Labute approximate surface area is 87.9 Å². The first-order valence-electron chi connectivity index (χ1n) is 4.06. The second-order valence-corrected chi connectivity index (χ2v) is 5.01. The Morgan fingerprint density at radius 3 is 2.36 bits per heavy atom. The van der Waals surface area contributed by atoms with E-state index in [1.165, 1.54) is 12.1 Å². The highest BCUT2D eigenvalue weighted by molar-refractivity contribution is 7.86. The van der Waals surface area contributed by atoms with Crippen molar-refractivity contribution < 1.29 is 12.3 Å². The van der Waals surface area contributed by atoms with Crippen LogP contribution in [0.5, 0.6) is 0 Å². The average Bonchev–Trinajstić information content (AvgIpc) is 2.02. The average molecular weight is 237 g/mol. The Hall–Kier alpha value is -0.610. The molecule has 1 rings (SSSR count). The van der Waals surface area contributed by atoms with Crippen molar-refractivity contribution in [3.05, 3.63) is 28.8 Å². The van der Waals surface area contributed by atoms with E-state index in [0.717, 1.165) is 5.56 Å². The first-order chi connectivity index (χ1) is 6.32. The standard InChI is InChI=1S/C9H10ClFO2S/c1-6(2)7-3-4-8(10)9(5-7)14(11,12)13/h3-6H,1-2H3. The fraction of sp³-hybridized carbons (Fsp3) is 0.333. The van der Waals surface area contributed by atoms with Crippen LogP contribution in [0, 0.1) is 0 Å². The summed E-state index contributed by atoms with van der Waals surface area (Å²) < 4.78 is 34.1. The predicted octanol–water partition coefficient (Wildman–Crippen LogP) is 3.12. The molecule has 0 bridgehead atoms. The third-order valence-corrected chi connectivity index (χ3v) is 3.19. The van der Waals surface area contributed by atoms with Crippen LogP contribution in [0.15, 0.2) is 23.1 Å². The Morgan fingerprint density at radius 1 is 1.36 bits per heavy atom. The minimum absolute atomic E-state index is 0.0862. The Kier molecular flexibility index (Phi) is 3.17. The molecule has 1 aromatic rings. The molecule has 0 aliphatic rings. The van der Waals surface area contributed by atoms with Crippen molar-refractivity contribution in [2.24, 2.45) is 0 Å². The van der Waals surface area contributed by atoms with Gasteiger partial charge in [0.2, 0.25) is 0 Å². The molecule has 0 heterocycles. The lowest BCUT2D eigenvalue weighted by molar-refractivity contribution is 0.552. The molecule has 0 N–H and O–H groups in total. The van der Waals surface area contributed by atoms with Gasteiger partial charge in [-0.3, -0.25) is 0 Å². The molecule has 0 radical (unpaired) electrons. The van der Waals surface area contributed by atoms with E-state index >= 15 is 0 Å². The molecule has 0 saturated heterocycles. The summed E-state index contributed by atoms with van der Waals surface area (Å²) in [5.41, 5.74) is 0.741. The van der Waals surface area contributed by atoms with Crippen molar-refractivity contribution in [3.8, 4) is 0 Å². The fourth-order valence-electron chi connectivity index (χ4n) is 1.07. The van der Waals surface area contributed by atoms with Crippen molar-refractivity contribution in [3.63, 3.8) is 0 Å². The summed E-state index contributed by atoms with van der Waals surface area (Å²) in [5.74, 6) is 0.132. The molecule has 0 unspecified atom stereocenters. The van der Waals surface area contributed by atoms with Gasteiger partial charge in [0.25, 0.3) is 0 Å². The molecule has 0 aliphatic heterocycles. The third-order valence-electron chi connectivity index (χ3n) is 1.88. The van der Waals surface area contributed by atoms with Crippen LogP contribution in [0.3, 0.4) is 0 Å². The van der Waals surface area contributed by atoms with Crippen LogP contribution < -0.4 is 0 Å². The maximum Gasteiger partial charge on any atom is 0.333 e. The lowest BCUT2D eigenvalue weighted by Crippen LogP contribution is -1.96. The smallest absolute Gasteiger partial charge is 0.189 e. The minimum Gasteiger partial charge on any atom is -0.189 e. The molecule has 0 atom stereocenters. The molecule has 1 aromatic carbocycles. The molecule has 0 aliphatic carbocycles. The molecule has 5 heteroatoms. The molecule has 78 valence electrons. The van der Waals surface area contributed by atoms with Crippen LogP contribution in [0.4, 0.5) is 3.89 Å². The van der Waals surface area contributed by atoms with E-state index in [1.807, 2.05) is 13.8 Å². The summed E-state index contributed by atoms with van der Waals surface area (Å²) in [6.07, 6.45) is 0. The number of rotatable bonds is 2. The molecule has 2 nitrogen and oxygen atoms in total. The second kappa shape index (κ2) is 3.87. The molecule has 14 heavy (non-hydrogen) atoms. The third kappa shape index (κ3) is 2.45. The van der Waals surface area contributed by atoms with Gasteiger partial charge in [0, 0.05) is 0 Å². The quantitative estimate of drug-likeness (QED) is 0.740. The van der Waals surface area contributed by atoms with E-state index in [2.05, 4.69) is 0 Å². The normalized spacial score (nSPS) is 12.1. The highest BCUT2D eigenvalue weighted by Gasteiger charge is 2.17. The lowest BCUT2D eigenvalue weighted by Gasteiger charge is -2.07. The first kappa shape index (κ1) is 11.5. The first-order valence-corrected chi connectivity index (χ1v) is 5.82. The van der Waals surface area contributed by atoms with Crippen LogP contribution in [-0.4, -0.2) is 8.42 Å². The number of benzene rings is 1. The summed E-state index contributed by atoms with van der Waals surface area (Å²) in [4.78, 5) is -0.453. The van der Waals surface area contributed by atoms with Crippen LogP contribution in [-0.2, 0) is 10.2 Å². The Bertz CT molecular complexity index is 440. The molecule has 0 fully saturated rings. The maximum atomic E-state index is 12.7. The molecular weight excluding hydrogens is 227 g/mol. The van der Waals surface area contributed by atoms with Gasteiger partial charge >= 0.3 is 10.2 Å². The van der Waals surface area contributed by atoms with E-state index < -0.39 is 15.1 Å². The van der Waals surface area contributed by atoms with Gasteiger partial charge in [0.15, 0.2) is 0 Å². The van der Waals surface area contributed by atoms with Gasteiger partial charge in [-0.05, 0) is 23.6 Å². The molecule has 0 amide bonds. The van der Waals surface area contributed by atoms with Gasteiger partial charge in [-0.2, -0.15) is 8.42 Å². The zero-order valence-corrected chi connectivity index (χ0v) is 9.36. The van der Waals surface area contributed by atoms with E-state index in [-0.39, 0.29) is 10.9 Å². The SMILES string of the molecule is CC(C)c1ccc(Cl)c(S(=O)(=O)F)c1. The molecular formula is C9H10ClFO2S. The monoisotopic (exact) mass is 236 g/mol. The zero-order valence-electron chi connectivity index (χ0n) is 7.79. The van der Waals surface area contributed by atoms with Crippen LogP contribution in [0.2, 0.25) is 5.02 Å². The highest BCUT2D eigenvalue weighted by Crippen LogP contribution is 2.27. The Morgan fingerprint density at radius 2 is 1.93 bits per heavy atom. The predicted molar refractivity (Wildman–Crippen MR) is 53.8 cm³/mol. The molecule has 0 saturated carbocycles. The summed E-state index contributed by atoms with van der Waals surface area (Å²) in [7, 11) is -4.72. The maximum absolute atomic E-state index is 12.7. The second-order valence-electron chi connectivity index (χ2n) is 3.28. The number of halogens is 2. The molecule has 0 aromatic heterocycles. The van der Waals surface area contributed by atoms with Gasteiger partial charge in [-0.15, -0.1) is 3.89 Å². The van der Waals surface area contributed by atoms with Gasteiger partial charge in [-0.25, -0.2) is 0 Å². The number of hydrogen-bond donors (Lipinski definition) is 0. The van der Waals surface area contributed by atoms with Crippen molar-refractivity contribution in [2.45, 2.75) is 24.7 Å². The van der Waals surface area contributed by atoms with E-state index in [4.69, 9.17) is 11.6 Å². The number of hydrogen-bond acceptors (Lipinski definition) is 2. The minimum atomic E-state index is -4.72. The highest BCUT2D eigenvalue weighted by atomic mass is 35.5. The van der Waals surface area contributed by atoms with Crippen molar-refractivity contribution >= 4 is 21.8 Å². The van der Waals surface area contributed by atoms with E-state index in [9.17, 15) is 12.3 Å². The topological polar surface area (TPSA) is 34.1 Å². The largest absolute Gasteiger partial charge is 0.333 e. The molecule has 0 spiro atoms. The van der Waals surface area contributed by atoms with E-state index in [0.29, 0.717) is 0 Å². The summed E-state index contributed by atoms with van der Waals surface area (Å²) in [6, 6.07) is 4.34.